The first kappa shape index (κ1) is 13.1. The van der Waals surface area contributed by atoms with Gasteiger partial charge in [0.15, 0.2) is 0 Å². The molecule has 1 fully saturated rings. The van der Waals surface area contributed by atoms with E-state index in [1.54, 1.807) is 12.1 Å². The number of aromatic nitrogens is 2. The van der Waals surface area contributed by atoms with Crippen molar-refractivity contribution < 1.29 is 9.26 Å². The number of hydrogen-bond acceptors (Lipinski definition) is 5. The van der Waals surface area contributed by atoms with Crippen molar-refractivity contribution in [2.75, 3.05) is 19.7 Å². The molecule has 0 radical (unpaired) electrons. The summed E-state index contributed by atoms with van der Waals surface area (Å²) in [6, 6.07) is 5.46. The molecule has 1 atom stereocenters. The van der Waals surface area contributed by atoms with Gasteiger partial charge >= 0.3 is 0 Å². The molecular weight excluding hydrogens is 334 g/mol. The summed E-state index contributed by atoms with van der Waals surface area (Å²) in [7, 11) is 0. The van der Waals surface area contributed by atoms with Gasteiger partial charge in [-0.2, -0.15) is 4.98 Å². The van der Waals surface area contributed by atoms with E-state index in [-0.39, 0.29) is 6.10 Å². The molecule has 1 aliphatic rings. The van der Waals surface area contributed by atoms with Crippen LogP contribution in [0.4, 0.5) is 0 Å². The number of rotatable bonds is 2. The normalized spacial score (nSPS) is 19.6. The minimum Gasteiger partial charge on any atom is -0.367 e. The van der Waals surface area contributed by atoms with Crippen molar-refractivity contribution in [3.8, 4) is 11.5 Å². The molecular formula is C12H11BrClN3O2. The zero-order valence-electron chi connectivity index (χ0n) is 9.90. The van der Waals surface area contributed by atoms with Crippen LogP contribution in [0.3, 0.4) is 0 Å². The SMILES string of the molecule is Clc1cc(Br)cc(-c2nc(C3CNCCO3)no2)c1. The minimum absolute atomic E-state index is 0.158. The Balaban J connectivity index is 1.87. The van der Waals surface area contributed by atoms with E-state index in [4.69, 9.17) is 20.9 Å². The van der Waals surface area contributed by atoms with Gasteiger partial charge in [0.05, 0.1) is 6.61 Å². The Bertz CT molecular complexity index is 564. The molecule has 5 nitrogen and oxygen atoms in total. The molecule has 0 spiro atoms. The molecule has 1 aliphatic heterocycles. The number of benzene rings is 1. The third kappa shape index (κ3) is 2.97. The summed E-state index contributed by atoms with van der Waals surface area (Å²) in [4.78, 5) is 4.36. The Morgan fingerprint density at radius 1 is 1.37 bits per heavy atom. The zero-order valence-corrected chi connectivity index (χ0v) is 12.2. The van der Waals surface area contributed by atoms with Gasteiger partial charge in [0, 0.05) is 28.1 Å². The standard InChI is InChI=1S/C12H11BrClN3O2/c13-8-3-7(4-9(14)5-8)12-16-11(17-19-12)10-6-15-1-2-18-10/h3-5,10,15H,1-2,6H2. The van der Waals surface area contributed by atoms with Gasteiger partial charge in [-0.1, -0.05) is 32.7 Å². The number of nitrogens with one attached hydrogen (secondary N) is 1. The first-order chi connectivity index (χ1) is 9.22. The molecule has 1 aromatic heterocycles. The summed E-state index contributed by atoms with van der Waals surface area (Å²) < 4.78 is 11.7. The smallest absolute Gasteiger partial charge is 0.258 e. The minimum atomic E-state index is -0.158. The van der Waals surface area contributed by atoms with E-state index in [2.05, 4.69) is 31.4 Å². The highest BCUT2D eigenvalue weighted by Crippen LogP contribution is 2.27. The maximum atomic E-state index is 6.00. The van der Waals surface area contributed by atoms with Crippen molar-refractivity contribution in [2.24, 2.45) is 0 Å². The fourth-order valence-electron chi connectivity index (χ4n) is 1.89. The van der Waals surface area contributed by atoms with Crippen LogP contribution in [0.1, 0.15) is 11.9 Å². The highest BCUT2D eigenvalue weighted by atomic mass is 79.9. The molecule has 2 aromatic rings. The lowest BCUT2D eigenvalue weighted by atomic mass is 10.2. The van der Waals surface area contributed by atoms with E-state index in [0.717, 1.165) is 16.6 Å². The quantitative estimate of drug-likeness (QED) is 0.908. The zero-order chi connectivity index (χ0) is 13.2. The molecule has 1 aromatic carbocycles. The fraction of sp³-hybridized carbons (Fsp3) is 0.333. The van der Waals surface area contributed by atoms with E-state index >= 15 is 0 Å². The van der Waals surface area contributed by atoms with Crippen molar-refractivity contribution >= 4 is 27.5 Å². The summed E-state index contributed by atoms with van der Waals surface area (Å²) in [5.41, 5.74) is 0.780. The van der Waals surface area contributed by atoms with Crippen molar-refractivity contribution in [2.45, 2.75) is 6.10 Å². The molecule has 0 saturated carbocycles. The summed E-state index contributed by atoms with van der Waals surface area (Å²) in [5.74, 6) is 0.991. The molecule has 2 heterocycles. The summed E-state index contributed by atoms with van der Waals surface area (Å²) >= 11 is 9.39. The Labute approximate surface area is 123 Å². The van der Waals surface area contributed by atoms with Crippen LogP contribution in [0.2, 0.25) is 5.02 Å². The predicted molar refractivity (Wildman–Crippen MR) is 74.0 cm³/mol. The van der Waals surface area contributed by atoms with Crippen LogP contribution in [0.15, 0.2) is 27.2 Å². The predicted octanol–water partition coefficient (Wildman–Crippen LogP) is 2.81. The van der Waals surface area contributed by atoms with Gasteiger partial charge in [-0.05, 0) is 18.2 Å². The third-order valence-electron chi connectivity index (χ3n) is 2.77. The van der Waals surface area contributed by atoms with E-state index in [0.29, 0.717) is 29.9 Å². The Morgan fingerprint density at radius 2 is 2.26 bits per heavy atom. The molecule has 3 rings (SSSR count). The first-order valence-electron chi connectivity index (χ1n) is 5.85. The molecule has 1 unspecified atom stereocenters. The Kier molecular flexibility index (Phi) is 3.83. The number of hydrogen-bond donors (Lipinski definition) is 1. The number of morpholine rings is 1. The molecule has 7 heteroatoms. The lowest BCUT2D eigenvalue weighted by molar-refractivity contribution is 0.0208. The maximum Gasteiger partial charge on any atom is 0.258 e. The fourth-order valence-corrected chi connectivity index (χ4v) is 2.75. The maximum absolute atomic E-state index is 6.00. The second-order valence-corrected chi connectivity index (χ2v) is 5.53. The van der Waals surface area contributed by atoms with Crippen LogP contribution in [0.5, 0.6) is 0 Å². The van der Waals surface area contributed by atoms with Crippen LogP contribution in [0, 0.1) is 0 Å². The van der Waals surface area contributed by atoms with Gasteiger partial charge in [0.25, 0.3) is 5.89 Å². The lowest BCUT2D eigenvalue weighted by Crippen LogP contribution is -2.33. The van der Waals surface area contributed by atoms with Crippen molar-refractivity contribution in [1.29, 1.82) is 0 Å². The molecule has 100 valence electrons. The Hall–Kier alpha value is -0.950. The van der Waals surface area contributed by atoms with Crippen LogP contribution < -0.4 is 5.32 Å². The largest absolute Gasteiger partial charge is 0.367 e. The molecule has 0 bridgehead atoms. The van der Waals surface area contributed by atoms with Gasteiger partial charge < -0.3 is 14.6 Å². The second kappa shape index (κ2) is 5.58. The number of nitrogens with zero attached hydrogens (tertiary/aromatic N) is 2. The molecule has 1 N–H and O–H groups in total. The summed E-state index contributed by atoms with van der Waals surface area (Å²) in [6.45, 7) is 2.19. The van der Waals surface area contributed by atoms with E-state index < -0.39 is 0 Å². The van der Waals surface area contributed by atoms with E-state index in [1.165, 1.54) is 0 Å². The highest BCUT2D eigenvalue weighted by molar-refractivity contribution is 9.10. The van der Waals surface area contributed by atoms with Crippen molar-refractivity contribution in [3.05, 3.63) is 33.5 Å². The highest BCUT2D eigenvalue weighted by Gasteiger charge is 2.22. The third-order valence-corrected chi connectivity index (χ3v) is 3.44. The van der Waals surface area contributed by atoms with Crippen LogP contribution in [-0.4, -0.2) is 29.8 Å². The van der Waals surface area contributed by atoms with Gasteiger partial charge in [-0.25, -0.2) is 0 Å². The number of halogens is 2. The molecule has 19 heavy (non-hydrogen) atoms. The summed E-state index contributed by atoms with van der Waals surface area (Å²) in [6.07, 6.45) is -0.158. The average Bonchev–Trinajstić information content (AvgIpc) is 2.88. The monoisotopic (exact) mass is 343 g/mol. The number of ether oxygens (including phenoxy) is 1. The van der Waals surface area contributed by atoms with E-state index in [9.17, 15) is 0 Å². The van der Waals surface area contributed by atoms with Gasteiger partial charge in [-0.3, -0.25) is 0 Å². The van der Waals surface area contributed by atoms with E-state index in [1.807, 2.05) is 6.07 Å². The molecule has 0 amide bonds. The molecule has 0 aliphatic carbocycles. The van der Waals surface area contributed by atoms with Crippen molar-refractivity contribution in [3.63, 3.8) is 0 Å². The first-order valence-corrected chi connectivity index (χ1v) is 7.02. The Morgan fingerprint density at radius 3 is 3.00 bits per heavy atom. The second-order valence-electron chi connectivity index (χ2n) is 4.18. The van der Waals surface area contributed by atoms with Crippen LogP contribution >= 0.6 is 27.5 Å². The van der Waals surface area contributed by atoms with Gasteiger partial charge in [0.2, 0.25) is 5.82 Å². The molecule has 1 saturated heterocycles. The van der Waals surface area contributed by atoms with Gasteiger partial charge in [0.1, 0.15) is 6.10 Å². The summed E-state index contributed by atoms with van der Waals surface area (Å²) in [5, 5.41) is 7.80. The van der Waals surface area contributed by atoms with Gasteiger partial charge in [-0.15, -0.1) is 0 Å². The van der Waals surface area contributed by atoms with Crippen molar-refractivity contribution in [1.82, 2.24) is 15.5 Å². The lowest BCUT2D eigenvalue weighted by Gasteiger charge is -2.20. The van der Waals surface area contributed by atoms with Crippen LogP contribution in [0.25, 0.3) is 11.5 Å². The topological polar surface area (TPSA) is 60.2 Å². The average molecular weight is 345 g/mol. The van der Waals surface area contributed by atoms with Crippen LogP contribution in [-0.2, 0) is 4.74 Å².